The molecule has 1 aromatic carbocycles. The SMILES string of the molecule is CC(=O)C1CCN(Cc2cc(Br)cc3c2OCC3)CC1. The Morgan fingerprint density at radius 1 is 1.40 bits per heavy atom. The molecule has 2 aliphatic heterocycles. The van der Waals surface area contributed by atoms with Crippen molar-refractivity contribution in [3.05, 3.63) is 27.7 Å². The van der Waals surface area contributed by atoms with Crippen molar-refractivity contribution in [2.45, 2.75) is 32.7 Å². The summed E-state index contributed by atoms with van der Waals surface area (Å²) in [4.78, 5) is 13.9. The average Bonchev–Trinajstić information content (AvgIpc) is 2.87. The Hall–Kier alpha value is -0.870. The number of ether oxygens (including phenoxy) is 1. The van der Waals surface area contributed by atoms with E-state index in [9.17, 15) is 4.79 Å². The molecule has 1 saturated heterocycles. The second kappa shape index (κ2) is 5.86. The lowest BCUT2D eigenvalue weighted by Gasteiger charge is -2.31. The molecule has 0 N–H and O–H groups in total. The molecule has 1 aromatic rings. The van der Waals surface area contributed by atoms with Crippen molar-refractivity contribution in [3.63, 3.8) is 0 Å². The van der Waals surface area contributed by atoms with E-state index in [0.29, 0.717) is 5.78 Å². The molecule has 0 bridgehead atoms. The Morgan fingerprint density at radius 2 is 2.15 bits per heavy atom. The zero-order chi connectivity index (χ0) is 14.1. The van der Waals surface area contributed by atoms with Gasteiger partial charge >= 0.3 is 0 Å². The van der Waals surface area contributed by atoms with Crippen molar-refractivity contribution < 1.29 is 9.53 Å². The standard InChI is InChI=1S/C16H20BrNO2/c1-11(19)12-2-5-18(6-3-12)10-14-9-15(17)8-13-4-7-20-16(13)14/h8-9,12H,2-7,10H2,1H3. The van der Waals surface area contributed by atoms with Crippen LogP contribution in [-0.2, 0) is 17.8 Å². The number of rotatable bonds is 3. The fourth-order valence-electron chi connectivity index (χ4n) is 3.20. The molecular formula is C16H20BrNO2. The summed E-state index contributed by atoms with van der Waals surface area (Å²) < 4.78 is 6.92. The lowest BCUT2D eigenvalue weighted by Crippen LogP contribution is -2.35. The van der Waals surface area contributed by atoms with Crippen LogP contribution in [0.15, 0.2) is 16.6 Å². The maximum absolute atomic E-state index is 11.4. The summed E-state index contributed by atoms with van der Waals surface area (Å²) in [5.74, 6) is 1.70. The normalized spacial score (nSPS) is 19.7. The van der Waals surface area contributed by atoms with Crippen LogP contribution < -0.4 is 4.74 Å². The van der Waals surface area contributed by atoms with Crippen molar-refractivity contribution in [3.8, 4) is 5.75 Å². The molecule has 2 aliphatic rings. The number of likely N-dealkylation sites (tertiary alicyclic amines) is 1. The number of carbonyl (C=O) groups excluding carboxylic acids is 1. The summed E-state index contributed by atoms with van der Waals surface area (Å²) in [6.07, 6.45) is 2.99. The molecule has 108 valence electrons. The highest BCUT2D eigenvalue weighted by molar-refractivity contribution is 9.10. The van der Waals surface area contributed by atoms with Crippen LogP contribution in [0.3, 0.4) is 0 Å². The van der Waals surface area contributed by atoms with Gasteiger partial charge < -0.3 is 4.74 Å². The van der Waals surface area contributed by atoms with Gasteiger partial charge in [-0.1, -0.05) is 15.9 Å². The number of fused-ring (bicyclic) bond motifs is 1. The van der Waals surface area contributed by atoms with E-state index in [2.05, 4.69) is 33.0 Å². The molecule has 0 saturated carbocycles. The van der Waals surface area contributed by atoms with Crippen molar-refractivity contribution >= 4 is 21.7 Å². The number of nitrogens with zero attached hydrogens (tertiary/aromatic N) is 1. The first-order valence-electron chi connectivity index (χ1n) is 7.30. The zero-order valence-corrected chi connectivity index (χ0v) is 13.4. The van der Waals surface area contributed by atoms with Gasteiger partial charge in [0.15, 0.2) is 0 Å². The quantitative estimate of drug-likeness (QED) is 0.848. The first-order chi connectivity index (χ1) is 9.63. The van der Waals surface area contributed by atoms with E-state index in [0.717, 1.165) is 55.7 Å². The minimum absolute atomic E-state index is 0.274. The zero-order valence-electron chi connectivity index (χ0n) is 11.8. The van der Waals surface area contributed by atoms with Gasteiger partial charge in [-0.2, -0.15) is 0 Å². The number of hydrogen-bond acceptors (Lipinski definition) is 3. The molecule has 2 heterocycles. The fourth-order valence-corrected chi connectivity index (χ4v) is 3.75. The molecule has 1 fully saturated rings. The average molecular weight is 338 g/mol. The van der Waals surface area contributed by atoms with Crippen LogP contribution in [0, 0.1) is 5.92 Å². The Bertz CT molecular complexity index is 521. The first-order valence-corrected chi connectivity index (χ1v) is 8.09. The van der Waals surface area contributed by atoms with Crippen LogP contribution in [0.5, 0.6) is 5.75 Å². The van der Waals surface area contributed by atoms with Gasteiger partial charge in [-0.15, -0.1) is 0 Å². The lowest BCUT2D eigenvalue weighted by atomic mass is 9.93. The van der Waals surface area contributed by atoms with E-state index in [1.807, 2.05) is 0 Å². The molecule has 4 heteroatoms. The van der Waals surface area contributed by atoms with Gasteiger partial charge in [-0.25, -0.2) is 0 Å². The largest absolute Gasteiger partial charge is 0.493 e. The minimum atomic E-state index is 0.274. The first kappa shape index (κ1) is 14.1. The third-order valence-corrected chi connectivity index (χ3v) is 4.84. The molecule has 0 radical (unpaired) electrons. The Balaban J connectivity index is 1.69. The van der Waals surface area contributed by atoms with E-state index < -0.39 is 0 Å². The summed E-state index contributed by atoms with van der Waals surface area (Å²) in [5.41, 5.74) is 2.58. The maximum Gasteiger partial charge on any atom is 0.133 e. The van der Waals surface area contributed by atoms with Crippen molar-refractivity contribution in [2.75, 3.05) is 19.7 Å². The van der Waals surface area contributed by atoms with Crippen LogP contribution in [0.2, 0.25) is 0 Å². The summed E-state index contributed by atoms with van der Waals surface area (Å²) in [6.45, 7) is 5.45. The monoisotopic (exact) mass is 337 g/mol. The van der Waals surface area contributed by atoms with Crippen LogP contribution in [-0.4, -0.2) is 30.4 Å². The van der Waals surface area contributed by atoms with Crippen molar-refractivity contribution in [1.29, 1.82) is 0 Å². The Morgan fingerprint density at radius 3 is 2.85 bits per heavy atom. The van der Waals surface area contributed by atoms with E-state index in [1.54, 1.807) is 6.92 Å². The molecule has 0 aliphatic carbocycles. The highest BCUT2D eigenvalue weighted by Crippen LogP contribution is 2.34. The van der Waals surface area contributed by atoms with E-state index in [-0.39, 0.29) is 5.92 Å². The molecule has 0 aromatic heterocycles. The summed E-state index contributed by atoms with van der Waals surface area (Å²) in [6, 6.07) is 4.33. The van der Waals surface area contributed by atoms with E-state index in [4.69, 9.17) is 4.74 Å². The number of benzene rings is 1. The molecular weight excluding hydrogens is 318 g/mol. The summed E-state index contributed by atoms with van der Waals surface area (Å²) in [5, 5.41) is 0. The van der Waals surface area contributed by atoms with Gasteiger partial charge in [0.2, 0.25) is 0 Å². The third kappa shape index (κ3) is 2.91. The molecule has 0 spiro atoms. The van der Waals surface area contributed by atoms with Crippen LogP contribution in [0.4, 0.5) is 0 Å². The summed E-state index contributed by atoms with van der Waals surface area (Å²) >= 11 is 3.59. The van der Waals surface area contributed by atoms with Gasteiger partial charge in [-0.3, -0.25) is 9.69 Å². The number of hydrogen-bond donors (Lipinski definition) is 0. The number of halogens is 1. The maximum atomic E-state index is 11.4. The highest BCUT2D eigenvalue weighted by atomic mass is 79.9. The van der Waals surface area contributed by atoms with Crippen LogP contribution >= 0.6 is 15.9 Å². The van der Waals surface area contributed by atoms with Gasteiger partial charge in [0.25, 0.3) is 0 Å². The van der Waals surface area contributed by atoms with Gasteiger partial charge in [0.1, 0.15) is 11.5 Å². The van der Waals surface area contributed by atoms with Gasteiger partial charge in [0.05, 0.1) is 6.61 Å². The molecule has 0 unspecified atom stereocenters. The molecule has 3 rings (SSSR count). The second-order valence-electron chi connectivity index (χ2n) is 5.81. The second-order valence-corrected chi connectivity index (χ2v) is 6.73. The Kier molecular flexibility index (Phi) is 4.13. The Labute approximate surface area is 128 Å². The number of Topliss-reactive ketones (excluding diaryl/α,β-unsaturated/α-hetero) is 1. The van der Waals surface area contributed by atoms with E-state index in [1.165, 1.54) is 11.1 Å². The third-order valence-electron chi connectivity index (χ3n) is 4.38. The molecule has 3 nitrogen and oxygen atoms in total. The fraction of sp³-hybridized carbons (Fsp3) is 0.562. The molecule has 0 atom stereocenters. The predicted molar refractivity (Wildman–Crippen MR) is 82.0 cm³/mol. The number of piperidine rings is 1. The minimum Gasteiger partial charge on any atom is -0.493 e. The van der Waals surface area contributed by atoms with Gasteiger partial charge in [-0.05, 0) is 50.6 Å². The topological polar surface area (TPSA) is 29.5 Å². The molecule has 0 amide bonds. The van der Waals surface area contributed by atoms with Crippen LogP contribution in [0.1, 0.15) is 30.9 Å². The smallest absolute Gasteiger partial charge is 0.133 e. The molecule has 20 heavy (non-hydrogen) atoms. The van der Waals surface area contributed by atoms with Crippen molar-refractivity contribution in [2.24, 2.45) is 5.92 Å². The van der Waals surface area contributed by atoms with Crippen LogP contribution in [0.25, 0.3) is 0 Å². The summed E-state index contributed by atoms with van der Waals surface area (Å²) in [7, 11) is 0. The van der Waals surface area contributed by atoms with E-state index >= 15 is 0 Å². The lowest BCUT2D eigenvalue weighted by molar-refractivity contribution is -0.122. The highest BCUT2D eigenvalue weighted by Gasteiger charge is 2.24. The number of ketones is 1. The number of carbonyl (C=O) groups is 1. The van der Waals surface area contributed by atoms with Crippen molar-refractivity contribution in [1.82, 2.24) is 4.90 Å². The van der Waals surface area contributed by atoms with Gasteiger partial charge in [0, 0.05) is 28.9 Å². The predicted octanol–water partition coefficient (Wildman–Crippen LogP) is 3.19.